The van der Waals surface area contributed by atoms with Crippen LogP contribution < -0.4 is 9.47 Å². The van der Waals surface area contributed by atoms with Gasteiger partial charge < -0.3 is 24.2 Å². The summed E-state index contributed by atoms with van der Waals surface area (Å²) in [4.78, 5) is 14.4. The van der Waals surface area contributed by atoms with Crippen LogP contribution in [0.25, 0.3) is 0 Å². The quantitative estimate of drug-likeness (QED) is 0.669. The number of nitrogens with zero attached hydrogens (tertiary/aromatic N) is 1. The number of methoxy groups -OCH3 is 1. The van der Waals surface area contributed by atoms with Gasteiger partial charge in [0.1, 0.15) is 5.60 Å². The second-order valence-electron chi connectivity index (χ2n) is 9.21. The number of amides is 1. The van der Waals surface area contributed by atoms with E-state index in [0.29, 0.717) is 31.2 Å². The number of hydrogen-bond donors (Lipinski definition) is 1. The van der Waals surface area contributed by atoms with Gasteiger partial charge in [0.15, 0.2) is 11.5 Å². The van der Waals surface area contributed by atoms with Crippen LogP contribution in [-0.2, 0) is 4.74 Å². The summed E-state index contributed by atoms with van der Waals surface area (Å²) in [6.07, 6.45) is 1.08. The lowest BCUT2D eigenvalue weighted by atomic mass is 9.72. The Bertz CT molecular complexity index is 697. The van der Waals surface area contributed by atoms with Gasteiger partial charge in [0.25, 0.3) is 0 Å². The minimum absolute atomic E-state index is 0.0468. The molecule has 0 saturated carbocycles. The van der Waals surface area contributed by atoms with Crippen molar-refractivity contribution < 1.29 is 24.1 Å². The molecule has 1 aromatic carbocycles. The molecule has 1 aliphatic heterocycles. The fourth-order valence-corrected chi connectivity index (χ4v) is 3.74. The fraction of sp³-hybridized carbons (Fsp3) is 0.696. The Morgan fingerprint density at radius 1 is 1.34 bits per heavy atom. The molecule has 1 aromatic rings. The summed E-state index contributed by atoms with van der Waals surface area (Å²) >= 11 is 0. The van der Waals surface area contributed by atoms with Crippen molar-refractivity contribution in [2.45, 2.75) is 72.0 Å². The molecular weight excluding hydrogens is 370 g/mol. The van der Waals surface area contributed by atoms with Crippen molar-refractivity contribution in [3.63, 3.8) is 0 Å². The van der Waals surface area contributed by atoms with E-state index in [4.69, 9.17) is 14.2 Å². The highest BCUT2D eigenvalue weighted by molar-refractivity contribution is 5.69. The number of carbonyl (C=O) groups is 1. The lowest BCUT2D eigenvalue weighted by Crippen LogP contribution is -2.39. The number of hydrogen-bond acceptors (Lipinski definition) is 5. The van der Waals surface area contributed by atoms with Crippen molar-refractivity contribution in [2.75, 3.05) is 26.8 Å². The molecule has 1 N–H and O–H groups in total. The molecule has 1 heterocycles. The Labute approximate surface area is 175 Å². The summed E-state index contributed by atoms with van der Waals surface area (Å²) in [6, 6.07) is 5.88. The standard InChI is InChI=1S/C23H37NO5/c1-8-9-12-28-20-13-17(10-11-19(20)27-7)18-14-24(15-23(18,6)16(2)25)21(26)29-22(3,4)5/h10-11,13,16,18,25H,8-9,12,14-15H2,1-7H3/t16-,18+,23+/m1/s1. The Hall–Kier alpha value is -1.95. The summed E-state index contributed by atoms with van der Waals surface area (Å²) in [6.45, 7) is 13.0. The van der Waals surface area contributed by atoms with Gasteiger partial charge in [-0.25, -0.2) is 4.79 Å². The van der Waals surface area contributed by atoms with Gasteiger partial charge in [-0.2, -0.15) is 0 Å². The molecule has 0 aliphatic carbocycles. The highest BCUT2D eigenvalue weighted by atomic mass is 16.6. The van der Waals surface area contributed by atoms with Crippen LogP contribution >= 0.6 is 0 Å². The van der Waals surface area contributed by atoms with Gasteiger partial charge >= 0.3 is 6.09 Å². The molecular formula is C23H37NO5. The van der Waals surface area contributed by atoms with E-state index in [1.54, 1.807) is 18.9 Å². The van der Waals surface area contributed by atoms with Crippen molar-refractivity contribution >= 4 is 6.09 Å². The zero-order valence-corrected chi connectivity index (χ0v) is 18.9. The third kappa shape index (κ3) is 5.56. The van der Waals surface area contributed by atoms with E-state index in [1.807, 2.05) is 45.9 Å². The number of aliphatic hydroxyl groups is 1. The normalized spacial score (nSPS) is 23.0. The number of ether oxygens (including phenoxy) is 3. The van der Waals surface area contributed by atoms with Crippen LogP contribution in [0.3, 0.4) is 0 Å². The minimum Gasteiger partial charge on any atom is -0.493 e. The van der Waals surface area contributed by atoms with Crippen LogP contribution in [0.4, 0.5) is 4.79 Å². The van der Waals surface area contributed by atoms with E-state index in [0.717, 1.165) is 18.4 Å². The number of unbranched alkanes of at least 4 members (excludes halogenated alkanes) is 1. The van der Waals surface area contributed by atoms with Crippen molar-refractivity contribution in [1.29, 1.82) is 0 Å². The minimum atomic E-state index is -0.591. The first kappa shape index (κ1) is 23.3. The lowest BCUT2D eigenvalue weighted by molar-refractivity contribution is 0.0194. The van der Waals surface area contributed by atoms with Crippen molar-refractivity contribution in [3.8, 4) is 11.5 Å². The third-order valence-electron chi connectivity index (χ3n) is 5.68. The van der Waals surface area contributed by atoms with Gasteiger partial charge in [0, 0.05) is 24.4 Å². The van der Waals surface area contributed by atoms with Gasteiger partial charge in [0.05, 0.1) is 19.8 Å². The first-order valence-corrected chi connectivity index (χ1v) is 10.5. The largest absolute Gasteiger partial charge is 0.493 e. The lowest BCUT2D eigenvalue weighted by Gasteiger charge is -2.34. The Balaban J connectivity index is 2.32. The molecule has 3 atom stereocenters. The number of carbonyl (C=O) groups excluding carboxylic acids is 1. The van der Waals surface area contributed by atoms with Crippen molar-refractivity contribution in [3.05, 3.63) is 23.8 Å². The maximum atomic E-state index is 12.7. The fourth-order valence-electron chi connectivity index (χ4n) is 3.74. The Kier molecular flexibility index (Phi) is 7.44. The van der Waals surface area contributed by atoms with E-state index in [9.17, 15) is 9.90 Å². The molecule has 6 heteroatoms. The van der Waals surface area contributed by atoms with Crippen LogP contribution in [0.2, 0.25) is 0 Å². The molecule has 29 heavy (non-hydrogen) atoms. The zero-order chi connectivity index (χ0) is 21.8. The molecule has 1 saturated heterocycles. The van der Waals surface area contributed by atoms with Crippen LogP contribution in [0, 0.1) is 5.41 Å². The average molecular weight is 408 g/mol. The SMILES string of the molecule is CCCCOc1cc([C@@H]2CN(C(=O)OC(C)(C)C)C[C@@]2(C)[C@@H](C)O)ccc1OC. The van der Waals surface area contributed by atoms with Crippen LogP contribution in [0.15, 0.2) is 18.2 Å². The van der Waals surface area contributed by atoms with E-state index in [2.05, 4.69) is 6.92 Å². The highest BCUT2D eigenvalue weighted by Gasteiger charge is 2.49. The van der Waals surface area contributed by atoms with Crippen molar-refractivity contribution in [1.82, 2.24) is 4.90 Å². The predicted molar refractivity (Wildman–Crippen MR) is 114 cm³/mol. The Morgan fingerprint density at radius 2 is 2.03 bits per heavy atom. The number of likely N-dealkylation sites (tertiary alicyclic amines) is 1. The summed E-state index contributed by atoms with van der Waals surface area (Å²) in [5.41, 5.74) is -0.0324. The van der Waals surface area contributed by atoms with Gasteiger partial charge in [-0.1, -0.05) is 26.3 Å². The summed E-state index contributed by atoms with van der Waals surface area (Å²) in [5, 5.41) is 10.6. The van der Waals surface area contributed by atoms with Crippen LogP contribution in [0.1, 0.15) is 65.9 Å². The predicted octanol–water partition coefficient (Wildman–Crippen LogP) is 4.60. The molecule has 164 valence electrons. The molecule has 1 fully saturated rings. The van der Waals surface area contributed by atoms with Gasteiger partial charge in [-0.05, 0) is 51.8 Å². The van der Waals surface area contributed by atoms with Crippen LogP contribution in [0.5, 0.6) is 11.5 Å². The second kappa shape index (κ2) is 9.24. The molecule has 6 nitrogen and oxygen atoms in total. The maximum Gasteiger partial charge on any atom is 0.410 e. The second-order valence-corrected chi connectivity index (χ2v) is 9.21. The van der Waals surface area contributed by atoms with E-state index in [-0.39, 0.29) is 12.0 Å². The molecule has 1 amide bonds. The number of benzene rings is 1. The van der Waals surface area contributed by atoms with E-state index >= 15 is 0 Å². The first-order valence-electron chi connectivity index (χ1n) is 10.5. The monoisotopic (exact) mass is 407 g/mol. The molecule has 0 bridgehead atoms. The topological polar surface area (TPSA) is 68.2 Å². The molecule has 1 aliphatic rings. The molecule has 2 rings (SSSR count). The maximum absolute atomic E-state index is 12.7. The molecule has 0 spiro atoms. The Morgan fingerprint density at radius 3 is 2.59 bits per heavy atom. The van der Waals surface area contributed by atoms with Gasteiger partial charge in [0.2, 0.25) is 0 Å². The van der Waals surface area contributed by atoms with E-state index < -0.39 is 17.1 Å². The van der Waals surface area contributed by atoms with Crippen LogP contribution in [-0.4, -0.2) is 54.6 Å². The highest BCUT2D eigenvalue weighted by Crippen LogP contribution is 2.47. The molecule has 0 radical (unpaired) electrons. The molecule has 0 aromatic heterocycles. The molecule has 0 unspecified atom stereocenters. The average Bonchev–Trinajstić information content (AvgIpc) is 3.00. The summed E-state index contributed by atoms with van der Waals surface area (Å²) < 4.78 is 17.0. The van der Waals surface area contributed by atoms with Gasteiger partial charge in [-0.15, -0.1) is 0 Å². The number of rotatable bonds is 7. The summed E-state index contributed by atoms with van der Waals surface area (Å²) in [7, 11) is 1.63. The third-order valence-corrected chi connectivity index (χ3v) is 5.68. The van der Waals surface area contributed by atoms with Gasteiger partial charge in [-0.3, -0.25) is 0 Å². The van der Waals surface area contributed by atoms with Crippen molar-refractivity contribution in [2.24, 2.45) is 5.41 Å². The number of aliphatic hydroxyl groups excluding tert-OH is 1. The zero-order valence-electron chi connectivity index (χ0n) is 18.9. The smallest absolute Gasteiger partial charge is 0.410 e. The summed E-state index contributed by atoms with van der Waals surface area (Å²) in [5.74, 6) is 1.34. The first-order chi connectivity index (χ1) is 13.5. The van der Waals surface area contributed by atoms with E-state index in [1.165, 1.54) is 0 Å².